The maximum absolute atomic E-state index is 11.1. The summed E-state index contributed by atoms with van der Waals surface area (Å²) in [4.78, 5) is 11.1. The molecule has 2 heteroatoms. The molecule has 92 valence electrons. The molecular formula is C16H16O2. The zero-order valence-electron chi connectivity index (χ0n) is 10.6. The summed E-state index contributed by atoms with van der Waals surface area (Å²) in [6.45, 7) is 4.17. The molecule has 2 rings (SSSR count). The highest BCUT2D eigenvalue weighted by Crippen LogP contribution is 2.15. The fourth-order valence-electron chi connectivity index (χ4n) is 1.72. The SMILES string of the molecule is CC(=O)c1ccc(OCc2ccccc2C)cc1. The van der Waals surface area contributed by atoms with Gasteiger partial charge in [-0.3, -0.25) is 4.79 Å². The largest absolute Gasteiger partial charge is 0.489 e. The molecule has 2 aromatic rings. The Morgan fingerprint density at radius 3 is 2.33 bits per heavy atom. The van der Waals surface area contributed by atoms with Gasteiger partial charge in [0, 0.05) is 5.56 Å². The molecule has 0 unspecified atom stereocenters. The lowest BCUT2D eigenvalue weighted by Gasteiger charge is -2.08. The van der Waals surface area contributed by atoms with Gasteiger partial charge in [-0.25, -0.2) is 0 Å². The first kappa shape index (κ1) is 12.4. The fourth-order valence-corrected chi connectivity index (χ4v) is 1.72. The molecule has 0 aliphatic rings. The third-order valence-electron chi connectivity index (χ3n) is 2.92. The number of aryl methyl sites for hydroxylation is 1. The summed E-state index contributed by atoms with van der Waals surface area (Å²) in [5.74, 6) is 0.851. The summed E-state index contributed by atoms with van der Waals surface area (Å²) in [5, 5.41) is 0. The lowest BCUT2D eigenvalue weighted by atomic mass is 10.1. The molecule has 2 nitrogen and oxygen atoms in total. The lowest BCUT2D eigenvalue weighted by Crippen LogP contribution is -1.98. The fraction of sp³-hybridized carbons (Fsp3) is 0.188. The molecule has 0 atom stereocenters. The van der Waals surface area contributed by atoms with E-state index in [0.717, 1.165) is 5.75 Å². The van der Waals surface area contributed by atoms with Crippen molar-refractivity contribution >= 4 is 5.78 Å². The highest BCUT2D eigenvalue weighted by molar-refractivity contribution is 5.94. The number of hydrogen-bond acceptors (Lipinski definition) is 2. The molecule has 18 heavy (non-hydrogen) atoms. The van der Waals surface area contributed by atoms with E-state index in [1.165, 1.54) is 11.1 Å². The van der Waals surface area contributed by atoms with Gasteiger partial charge in [0.2, 0.25) is 0 Å². The maximum atomic E-state index is 11.1. The molecule has 0 saturated heterocycles. The molecule has 0 spiro atoms. The highest BCUT2D eigenvalue weighted by Gasteiger charge is 2.01. The van der Waals surface area contributed by atoms with Crippen molar-refractivity contribution in [1.29, 1.82) is 0 Å². The van der Waals surface area contributed by atoms with Crippen LogP contribution in [0.2, 0.25) is 0 Å². The molecular weight excluding hydrogens is 224 g/mol. The molecule has 0 fully saturated rings. The van der Waals surface area contributed by atoms with Gasteiger partial charge in [0.15, 0.2) is 5.78 Å². The van der Waals surface area contributed by atoms with Crippen LogP contribution in [-0.4, -0.2) is 5.78 Å². The Labute approximate surface area is 107 Å². The Balaban J connectivity index is 2.02. The Hall–Kier alpha value is -2.09. The van der Waals surface area contributed by atoms with Crippen molar-refractivity contribution < 1.29 is 9.53 Å². The molecule has 0 N–H and O–H groups in total. The minimum absolute atomic E-state index is 0.0699. The Kier molecular flexibility index (Phi) is 3.78. The van der Waals surface area contributed by atoms with Crippen LogP contribution in [0.5, 0.6) is 5.75 Å². The van der Waals surface area contributed by atoms with Gasteiger partial charge in [0.05, 0.1) is 0 Å². The van der Waals surface area contributed by atoms with E-state index in [4.69, 9.17) is 4.74 Å². The van der Waals surface area contributed by atoms with Crippen LogP contribution in [0.15, 0.2) is 48.5 Å². The average molecular weight is 240 g/mol. The topological polar surface area (TPSA) is 26.3 Å². The van der Waals surface area contributed by atoms with Crippen molar-refractivity contribution in [2.45, 2.75) is 20.5 Å². The molecule has 2 aromatic carbocycles. The van der Waals surface area contributed by atoms with E-state index in [9.17, 15) is 4.79 Å². The smallest absolute Gasteiger partial charge is 0.159 e. The number of carbonyl (C=O) groups is 1. The molecule has 0 aliphatic carbocycles. The van der Waals surface area contributed by atoms with E-state index >= 15 is 0 Å². The zero-order valence-corrected chi connectivity index (χ0v) is 10.6. The van der Waals surface area contributed by atoms with Crippen LogP contribution in [0.3, 0.4) is 0 Å². The van der Waals surface area contributed by atoms with Crippen LogP contribution in [0.1, 0.15) is 28.4 Å². The molecule has 0 heterocycles. The number of ether oxygens (including phenoxy) is 1. The molecule has 0 saturated carbocycles. The summed E-state index contributed by atoms with van der Waals surface area (Å²) >= 11 is 0. The Morgan fingerprint density at radius 1 is 1.06 bits per heavy atom. The van der Waals surface area contributed by atoms with Gasteiger partial charge in [-0.2, -0.15) is 0 Å². The minimum Gasteiger partial charge on any atom is -0.489 e. The lowest BCUT2D eigenvalue weighted by molar-refractivity contribution is 0.101. The second-order valence-electron chi connectivity index (χ2n) is 4.30. The van der Waals surface area contributed by atoms with Crippen LogP contribution in [-0.2, 0) is 6.61 Å². The summed E-state index contributed by atoms with van der Waals surface area (Å²) in [6.07, 6.45) is 0. The van der Waals surface area contributed by atoms with Crippen molar-refractivity contribution in [3.05, 3.63) is 65.2 Å². The van der Waals surface area contributed by atoms with Gasteiger partial charge in [0.25, 0.3) is 0 Å². The predicted molar refractivity (Wildman–Crippen MR) is 72.0 cm³/mol. The summed E-state index contributed by atoms with van der Waals surface area (Å²) in [7, 11) is 0. The van der Waals surface area contributed by atoms with E-state index in [0.29, 0.717) is 12.2 Å². The first-order chi connectivity index (χ1) is 8.66. The van der Waals surface area contributed by atoms with Crippen LogP contribution in [0.4, 0.5) is 0 Å². The van der Waals surface area contributed by atoms with Crippen molar-refractivity contribution in [1.82, 2.24) is 0 Å². The maximum Gasteiger partial charge on any atom is 0.159 e. The van der Waals surface area contributed by atoms with Gasteiger partial charge in [-0.1, -0.05) is 24.3 Å². The summed E-state index contributed by atoms with van der Waals surface area (Å²) < 4.78 is 5.70. The summed E-state index contributed by atoms with van der Waals surface area (Å²) in [5.41, 5.74) is 3.10. The van der Waals surface area contributed by atoms with Crippen LogP contribution in [0.25, 0.3) is 0 Å². The number of ketones is 1. The van der Waals surface area contributed by atoms with Gasteiger partial charge in [-0.15, -0.1) is 0 Å². The van der Waals surface area contributed by atoms with Crippen LogP contribution < -0.4 is 4.74 Å². The van der Waals surface area contributed by atoms with E-state index in [1.54, 1.807) is 19.1 Å². The Bertz CT molecular complexity index is 541. The number of hydrogen-bond donors (Lipinski definition) is 0. The average Bonchev–Trinajstić information content (AvgIpc) is 2.38. The van der Waals surface area contributed by atoms with Crippen LogP contribution >= 0.6 is 0 Å². The van der Waals surface area contributed by atoms with Crippen molar-refractivity contribution in [2.75, 3.05) is 0 Å². The highest BCUT2D eigenvalue weighted by atomic mass is 16.5. The second kappa shape index (κ2) is 5.50. The molecule has 0 aliphatic heterocycles. The number of rotatable bonds is 4. The van der Waals surface area contributed by atoms with E-state index in [2.05, 4.69) is 19.1 Å². The quantitative estimate of drug-likeness (QED) is 0.760. The zero-order chi connectivity index (χ0) is 13.0. The van der Waals surface area contributed by atoms with Crippen LogP contribution in [0, 0.1) is 6.92 Å². The molecule has 0 radical (unpaired) electrons. The first-order valence-electron chi connectivity index (χ1n) is 5.95. The van der Waals surface area contributed by atoms with Crippen molar-refractivity contribution in [3.63, 3.8) is 0 Å². The first-order valence-corrected chi connectivity index (χ1v) is 5.95. The molecule has 0 amide bonds. The Morgan fingerprint density at radius 2 is 1.72 bits per heavy atom. The molecule has 0 aromatic heterocycles. The number of benzene rings is 2. The normalized spacial score (nSPS) is 10.1. The second-order valence-corrected chi connectivity index (χ2v) is 4.30. The van der Waals surface area contributed by atoms with Crippen molar-refractivity contribution in [2.24, 2.45) is 0 Å². The third-order valence-corrected chi connectivity index (χ3v) is 2.92. The summed E-state index contributed by atoms with van der Waals surface area (Å²) in [6, 6.07) is 15.4. The third kappa shape index (κ3) is 2.98. The predicted octanol–water partition coefficient (Wildman–Crippen LogP) is 3.78. The standard InChI is InChI=1S/C16H16O2/c1-12-5-3-4-6-15(12)11-18-16-9-7-14(8-10-16)13(2)17/h3-10H,11H2,1-2H3. The van der Waals surface area contributed by atoms with E-state index < -0.39 is 0 Å². The molecule has 0 bridgehead atoms. The minimum atomic E-state index is 0.0699. The van der Waals surface area contributed by atoms with Gasteiger partial charge in [0.1, 0.15) is 12.4 Å². The van der Waals surface area contributed by atoms with Crippen molar-refractivity contribution in [3.8, 4) is 5.75 Å². The number of Topliss-reactive ketones (excluding diaryl/α,β-unsaturated/α-hetero) is 1. The van der Waals surface area contributed by atoms with E-state index in [-0.39, 0.29) is 5.78 Å². The van der Waals surface area contributed by atoms with Gasteiger partial charge >= 0.3 is 0 Å². The monoisotopic (exact) mass is 240 g/mol. The number of carbonyl (C=O) groups excluding carboxylic acids is 1. The van der Waals surface area contributed by atoms with Gasteiger partial charge in [-0.05, 0) is 49.2 Å². The van der Waals surface area contributed by atoms with Gasteiger partial charge < -0.3 is 4.74 Å². The van der Waals surface area contributed by atoms with E-state index in [1.807, 2.05) is 24.3 Å².